The number of benzene rings is 1. The molecule has 2 rings (SSSR count). The van der Waals surface area contributed by atoms with Crippen LogP contribution < -0.4 is 10.3 Å². The van der Waals surface area contributed by atoms with Crippen molar-refractivity contribution in [1.82, 2.24) is 9.29 Å². The first-order chi connectivity index (χ1) is 14.0. The van der Waals surface area contributed by atoms with E-state index in [1.165, 1.54) is 31.2 Å². The number of aromatic nitrogens is 1. The molecule has 0 unspecified atom stereocenters. The Labute approximate surface area is 173 Å². The molecule has 0 aliphatic carbocycles. The number of nitriles is 1. The number of nitrogens with one attached hydrogen (secondary N) is 1. The first-order valence-corrected chi connectivity index (χ1v) is 10.4. The molecule has 0 saturated carbocycles. The molecule has 30 heavy (non-hydrogen) atoms. The summed E-state index contributed by atoms with van der Waals surface area (Å²) in [5.41, 5.74) is -0.321. The van der Waals surface area contributed by atoms with Crippen LogP contribution in [0.15, 0.2) is 44.2 Å². The molecular weight excluding hydrogens is 410 g/mol. The highest BCUT2D eigenvalue weighted by molar-refractivity contribution is 7.90. The van der Waals surface area contributed by atoms with Crippen LogP contribution in [0, 0.1) is 24.2 Å². The first kappa shape index (κ1) is 22.8. The quantitative estimate of drug-likeness (QED) is 0.670. The van der Waals surface area contributed by atoms with Gasteiger partial charge in [-0.3, -0.25) is 14.2 Å². The second-order valence-corrected chi connectivity index (χ2v) is 8.63. The predicted molar refractivity (Wildman–Crippen MR) is 108 cm³/mol. The van der Waals surface area contributed by atoms with E-state index in [-0.39, 0.29) is 39.9 Å². The Balaban J connectivity index is 2.46. The van der Waals surface area contributed by atoms with Crippen molar-refractivity contribution in [1.29, 1.82) is 5.26 Å². The van der Waals surface area contributed by atoms with Crippen LogP contribution in [0.3, 0.4) is 0 Å². The van der Waals surface area contributed by atoms with Crippen LogP contribution in [0.2, 0.25) is 0 Å². The van der Waals surface area contributed by atoms with Crippen molar-refractivity contribution in [2.45, 2.75) is 39.1 Å². The van der Waals surface area contributed by atoms with Crippen molar-refractivity contribution in [2.75, 3.05) is 0 Å². The largest absolute Gasteiger partial charge is 0.493 e. The molecule has 158 valence electrons. The fraction of sp³-hybridized carbons (Fsp3) is 0.316. The summed E-state index contributed by atoms with van der Waals surface area (Å²) >= 11 is 0. The van der Waals surface area contributed by atoms with E-state index in [2.05, 4.69) is 10.2 Å². The van der Waals surface area contributed by atoms with Crippen molar-refractivity contribution in [2.24, 2.45) is 16.1 Å². The van der Waals surface area contributed by atoms with Crippen molar-refractivity contribution in [3.8, 4) is 11.9 Å². The number of nitrogens with zero attached hydrogens (tertiary/aromatic N) is 4. The lowest BCUT2D eigenvalue weighted by Crippen LogP contribution is -2.28. The Bertz CT molecular complexity index is 1210. The fourth-order valence-corrected chi connectivity index (χ4v) is 3.63. The highest BCUT2D eigenvalue weighted by atomic mass is 32.2. The summed E-state index contributed by atoms with van der Waals surface area (Å²) in [6, 6.07) is 7.05. The van der Waals surface area contributed by atoms with Gasteiger partial charge in [-0.05, 0) is 37.1 Å². The maximum absolute atomic E-state index is 12.7. The fourth-order valence-electron chi connectivity index (χ4n) is 2.64. The lowest BCUT2D eigenvalue weighted by Gasteiger charge is -2.14. The number of carbonyl (C=O) groups is 1. The maximum Gasteiger partial charge on any atom is 0.281 e. The molecule has 1 aromatic carbocycles. The van der Waals surface area contributed by atoms with Gasteiger partial charge in [0.2, 0.25) is 11.8 Å². The highest BCUT2D eigenvalue weighted by Crippen LogP contribution is 2.27. The number of hydrogen-bond acceptors (Lipinski definition) is 8. The zero-order valence-corrected chi connectivity index (χ0v) is 17.7. The number of carbonyl (C=O) groups excluding carboxylic acids is 1. The third-order valence-electron chi connectivity index (χ3n) is 4.01. The molecule has 0 bridgehead atoms. The minimum Gasteiger partial charge on any atom is -0.493 e. The van der Waals surface area contributed by atoms with E-state index in [1.54, 1.807) is 0 Å². The SMILES string of the molecule is CC(=O)NS(=O)(=O)c1ccc(N=Nc2c(C)c(C#N)c(O)n(CC(C)C)c2=O)cc1. The van der Waals surface area contributed by atoms with Gasteiger partial charge in [-0.15, -0.1) is 5.11 Å². The van der Waals surface area contributed by atoms with Gasteiger partial charge in [0.05, 0.1) is 10.6 Å². The lowest BCUT2D eigenvalue weighted by atomic mass is 10.1. The molecule has 0 fully saturated rings. The molecule has 2 N–H and O–H groups in total. The van der Waals surface area contributed by atoms with Crippen LogP contribution in [0.1, 0.15) is 31.9 Å². The van der Waals surface area contributed by atoms with Gasteiger partial charge in [0.15, 0.2) is 5.69 Å². The molecule has 0 spiro atoms. The molecule has 1 heterocycles. The van der Waals surface area contributed by atoms with E-state index < -0.39 is 27.4 Å². The molecule has 0 saturated heterocycles. The summed E-state index contributed by atoms with van der Waals surface area (Å²) in [5, 5.41) is 27.5. The van der Waals surface area contributed by atoms with Gasteiger partial charge in [-0.1, -0.05) is 13.8 Å². The van der Waals surface area contributed by atoms with E-state index >= 15 is 0 Å². The molecule has 0 atom stereocenters. The lowest BCUT2D eigenvalue weighted by molar-refractivity contribution is -0.117. The molecule has 10 nitrogen and oxygen atoms in total. The zero-order chi connectivity index (χ0) is 22.6. The average Bonchev–Trinajstić information content (AvgIpc) is 2.65. The van der Waals surface area contributed by atoms with Crippen molar-refractivity contribution < 1.29 is 18.3 Å². The topological polar surface area (TPSA) is 154 Å². The summed E-state index contributed by atoms with van der Waals surface area (Å²) in [6.07, 6.45) is 0. The Kier molecular flexibility index (Phi) is 6.73. The third-order valence-corrected chi connectivity index (χ3v) is 5.46. The van der Waals surface area contributed by atoms with Gasteiger partial charge in [-0.2, -0.15) is 10.4 Å². The van der Waals surface area contributed by atoms with Crippen molar-refractivity contribution in [3.63, 3.8) is 0 Å². The van der Waals surface area contributed by atoms with E-state index in [4.69, 9.17) is 0 Å². The molecule has 0 aliphatic rings. The third kappa shape index (κ3) is 4.90. The van der Waals surface area contributed by atoms with Crippen LogP contribution in [0.5, 0.6) is 5.88 Å². The van der Waals surface area contributed by atoms with Crippen molar-refractivity contribution in [3.05, 3.63) is 45.7 Å². The number of azo groups is 1. The number of amides is 1. The van der Waals surface area contributed by atoms with E-state index in [1.807, 2.05) is 24.6 Å². The number of sulfonamides is 1. The number of hydrogen-bond donors (Lipinski definition) is 2. The van der Waals surface area contributed by atoms with E-state index in [9.17, 15) is 28.4 Å². The van der Waals surface area contributed by atoms with Gasteiger partial charge >= 0.3 is 0 Å². The molecule has 0 aliphatic heterocycles. The maximum atomic E-state index is 12.7. The molecule has 11 heteroatoms. The smallest absolute Gasteiger partial charge is 0.281 e. The highest BCUT2D eigenvalue weighted by Gasteiger charge is 2.20. The zero-order valence-electron chi connectivity index (χ0n) is 16.9. The van der Waals surface area contributed by atoms with Crippen molar-refractivity contribution >= 4 is 27.3 Å². The standard InChI is InChI=1S/C19H21N5O5S/c1-11(2)10-24-18(26)16(9-20)12(3)17(19(24)27)22-21-14-5-7-15(8-6-14)30(28,29)23-13(4)25/h5-8,11,26H,10H2,1-4H3,(H,23,25). The predicted octanol–water partition coefficient (Wildman–Crippen LogP) is 2.63. The van der Waals surface area contributed by atoms with Crippen LogP contribution in [0.4, 0.5) is 11.4 Å². The Morgan fingerprint density at radius 3 is 2.37 bits per heavy atom. The average molecular weight is 431 g/mol. The molecule has 2 aromatic rings. The summed E-state index contributed by atoms with van der Waals surface area (Å²) in [4.78, 5) is 23.6. The summed E-state index contributed by atoms with van der Waals surface area (Å²) in [6.45, 7) is 6.47. The van der Waals surface area contributed by atoms with Gasteiger partial charge < -0.3 is 5.11 Å². The van der Waals surface area contributed by atoms with E-state index in [0.29, 0.717) is 0 Å². The van der Waals surface area contributed by atoms with E-state index in [0.717, 1.165) is 11.5 Å². The first-order valence-electron chi connectivity index (χ1n) is 8.89. The Morgan fingerprint density at radius 1 is 1.27 bits per heavy atom. The van der Waals surface area contributed by atoms with Crippen LogP contribution >= 0.6 is 0 Å². The normalized spacial score (nSPS) is 11.6. The summed E-state index contributed by atoms with van der Waals surface area (Å²) in [5.74, 6) is -1.10. The number of pyridine rings is 1. The van der Waals surface area contributed by atoms with Gasteiger partial charge in [0.1, 0.15) is 11.6 Å². The minimum absolute atomic E-state index is 0.0331. The van der Waals surface area contributed by atoms with Crippen LogP contribution in [0.25, 0.3) is 0 Å². The minimum atomic E-state index is -3.98. The summed E-state index contributed by atoms with van der Waals surface area (Å²) < 4.78 is 26.9. The van der Waals surface area contributed by atoms with Gasteiger partial charge in [0, 0.05) is 19.0 Å². The monoisotopic (exact) mass is 431 g/mol. The van der Waals surface area contributed by atoms with Gasteiger partial charge in [0.25, 0.3) is 15.6 Å². The second-order valence-electron chi connectivity index (χ2n) is 6.95. The molecule has 1 aromatic heterocycles. The second kappa shape index (κ2) is 8.87. The molecule has 0 radical (unpaired) electrons. The van der Waals surface area contributed by atoms with Crippen LogP contribution in [-0.4, -0.2) is 24.0 Å². The number of aromatic hydroxyl groups is 1. The van der Waals surface area contributed by atoms with Gasteiger partial charge in [-0.25, -0.2) is 13.1 Å². The summed E-state index contributed by atoms with van der Waals surface area (Å²) in [7, 11) is -3.98. The molecular formula is C19H21N5O5S. The van der Waals surface area contributed by atoms with Crippen LogP contribution in [-0.2, 0) is 21.4 Å². The number of rotatable bonds is 6. The Morgan fingerprint density at radius 2 is 1.87 bits per heavy atom. The molecule has 1 amide bonds. The Hall–Kier alpha value is -3.52.